The van der Waals surface area contributed by atoms with Gasteiger partial charge in [0.05, 0.1) is 6.20 Å². The van der Waals surface area contributed by atoms with Crippen LogP contribution in [0.15, 0.2) is 36.7 Å². The van der Waals surface area contributed by atoms with Crippen molar-refractivity contribution in [2.75, 3.05) is 26.2 Å². The number of hydrogen-bond donors (Lipinski definition) is 1. The third-order valence-electron chi connectivity index (χ3n) is 5.99. The van der Waals surface area contributed by atoms with Crippen LogP contribution in [0.25, 0.3) is 0 Å². The molecule has 6 nitrogen and oxygen atoms in total. The van der Waals surface area contributed by atoms with Crippen LogP contribution in [0.2, 0.25) is 0 Å². The van der Waals surface area contributed by atoms with Gasteiger partial charge in [0.2, 0.25) is 0 Å². The minimum absolute atomic E-state index is 0.0360. The first-order valence-electron chi connectivity index (χ1n) is 10.5. The van der Waals surface area contributed by atoms with Gasteiger partial charge < -0.3 is 10.2 Å². The first-order valence-corrected chi connectivity index (χ1v) is 10.5. The molecule has 0 bridgehead atoms. The zero-order valence-corrected chi connectivity index (χ0v) is 17.0. The summed E-state index contributed by atoms with van der Waals surface area (Å²) in [5.74, 6) is 0. The number of urea groups is 1. The van der Waals surface area contributed by atoms with E-state index in [2.05, 4.69) is 53.4 Å². The van der Waals surface area contributed by atoms with Crippen molar-refractivity contribution in [2.24, 2.45) is 0 Å². The van der Waals surface area contributed by atoms with Crippen LogP contribution in [0, 0.1) is 0 Å². The summed E-state index contributed by atoms with van der Waals surface area (Å²) in [6.45, 7) is 8.38. The zero-order valence-electron chi connectivity index (χ0n) is 17.0. The summed E-state index contributed by atoms with van der Waals surface area (Å²) in [5, 5.41) is 7.40. The van der Waals surface area contributed by atoms with Gasteiger partial charge in [-0.1, -0.05) is 24.3 Å². The molecule has 1 aliphatic carbocycles. The van der Waals surface area contributed by atoms with Crippen LogP contribution in [0.3, 0.4) is 0 Å². The van der Waals surface area contributed by atoms with E-state index in [1.165, 1.54) is 11.1 Å². The van der Waals surface area contributed by atoms with E-state index < -0.39 is 0 Å². The van der Waals surface area contributed by atoms with Crippen LogP contribution in [-0.2, 0) is 19.4 Å². The molecule has 2 aliphatic rings. The first-order chi connectivity index (χ1) is 13.6. The summed E-state index contributed by atoms with van der Waals surface area (Å²) in [6, 6.07) is 9.75. The maximum absolute atomic E-state index is 12.6. The van der Waals surface area contributed by atoms with E-state index in [1.54, 1.807) is 0 Å². The Morgan fingerprint density at radius 1 is 1.14 bits per heavy atom. The summed E-state index contributed by atoms with van der Waals surface area (Å²) in [7, 11) is 0. The molecule has 1 aromatic heterocycles. The van der Waals surface area contributed by atoms with E-state index in [4.69, 9.17) is 0 Å². The lowest BCUT2D eigenvalue weighted by molar-refractivity contribution is 0.188. The lowest BCUT2D eigenvalue weighted by atomic mass is 10.1. The molecule has 4 rings (SSSR count). The number of hydrogen-bond acceptors (Lipinski definition) is 3. The Kier molecular flexibility index (Phi) is 5.67. The maximum atomic E-state index is 12.6. The van der Waals surface area contributed by atoms with Crippen LogP contribution in [0.4, 0.5) is 4.79 Å². The summed E-state index contributed by atoms with van der Waals surface area (Å²) >= 11 is 0. The molecule has 0 unspecified atom stereocenters. The second kappa shape index (κ2) is 8.35. The first kappa shape index (κ1) is 19.0. The third-order valence-corrected chi connectivity index (χ3v) is 5.99. The number of carbonyl (C=O) groups excluding carboxylic acids is 1. The molecule has 0 atom stereocenters. The number of aromatic nitrogens is 2. The van der Waals surface area contributed by atoms with Crippen molar-refractivity contribution < 1.29 is 4.79 Å². The Morgan fingerprint density at radius 2 is 1.89 bits per heavy atom. The molecule has 0 spiro atoms. The molecule has 1 fully saturated rings. The minimum Gasteiger partial charge on any atom is -0.334 e. The lowest BCUT2D eigenvalue weighted by Gasteiger charge is -2.27. The van der Waals surface area contributed by atoms with E-state index >= 15 is 0 Å². The smallest absolute Gasteiger partial charge is 0.317 e. The van der Waals surface area contributed by atoms with E-state index in [0.717, 1.165) is 51.0 Å². The highest BCUT2D eigenvalue weighted by molar-refractivity contribution is 5.74. The highest BCUT2D eigenvalue weighted by Crippen LogP contribution is 2.26. The van der Waals surface area contributed by atoms with Crippen LogP contribution in [0.1, 0.15) is 43.0 Å². The van der Waals surface area contributed by atoms with Gasteiger partial charge in [0, 0.05) is 56.6 Å². The zero-order chi connectivity index (χ0) is 19.5. The Balaban J connectivity index is 1.27. The fraction of sp³-hybridized carbons (Fsp3) is 0.545. The molecule has 2 heterocycles. The molecule has 1 N–H and O–H groups in total. The molecule has 0 radical (unpaired) electrons. The SMILES string of the molecule is CC(C)n1cc(CNC(=O)N2CCCN(C3Cc4ccccc4C3)CC2)cn1. The molecule has 28 heavy (non-hydrogen) atoms. The molecule has 1 saturated heterocycles. The average Bonchev–Trinajstić information content (AvgIpc) is 3.27. The van der Waals surface area contributed by atoms with Gasteiger partial charge in [-0.15, -0.1) is 0 Å². The quantitative estimate of drug-likeness (QED) is 0.886. The van der Waals surface area contributed by atoms with E-state index in [1.807, 2.05) is 22.0 Å². The van der Waals surface area contributed by atoms with E-state index in [9.17, 15) is 4.79 Å². The van der Waals surface area contributed by atoms with Crippen LogP contribution >= 0.6 is 0 Å². The molecule has 6 heteroatoms. The maximum Gasteiger partial charge on any atom is 0.317 e. The van der Waals surface area contributed by atoms with Gasteiger partial charge in [-0.3, -0.25) is 9.58 Å². The Morgan fingerprint density at radius 3 is 2.57 bits per heavy atom. The fourth-order valence-electron chi connectivity index (χ4n) is 4.34. The van der Waals surface area contributed by atoms with E-state index in [-0.39, 0.29) is 6.03 Å². The van der Waals surface area contributed by atoms with Crippen LogP contribution < -0.4 is 5.32 Å². The second-order valence-corrected chi connectivity index (χ2v) is 8.29. The summed E-state index contributed by atoms with van der Waals surface area (Å²) in [5.41, 5.74) is 4.03. The van der Waals surface area contributed by atoms with Crippen LogP contribution in [-0.4, -0.2) is 57.8 Å². The number of benzene rings is 1. The van der Waals surface area contributed by atoms with Crippen molar-refractivity contribution in [3.8, 4) is 0 Å². The molecule has 0 saturated carbocycles. The molecular formula is C22H31N5O. The molecule has 150 valence electrons. The van der Waals surface area contributed by atoms with Crippen molar-refractivity contribution in [1.29, 1.82) is 0 Å². The van der Waals surface area contributed by atoms with Gasteiger partial charge in [0.25, 0.3) is 0 Å². The average molecular weight is 382 g/mol. The number of amides is 2. The van der Waals surface area contributed by atoms with Crippen molar-refractivity contribution in [3.05, 3.63) is 53.3 Å². The predicted octanol–water partition coefficient (Wildman–Crippen LogP) is 2.85. The molecule has 2 amide bonds. The van der Waals surface area contributed by atoms with Gasteiger partial charge in [-0.25, -0.2) is 4.79 Å². The number of nitrogens with zero attached hydrogens (tertiary/aromatic N) is 4. The minimum atomic E-state index is 0.0360. The molecule has 1 aliphatic heterocycles. The fourth-order valence-corrected chi connectivity index (χ4v) is 4.34. The third kappa shape index (κ3) is 4.22. The van der Waals surface area contributed by atoms with Gasteiger partial charge in [-0.05, 0) is 44.2 Å². The largest absolute Gasteiger partial charge is 0.334 e. The van der Waals surface area contributed by atoms with E-state index in [0.29, 0.717) is 18.6 Å². The Bertz CT molecular complexity index is 790. The van der Waals surface area contributed by atoms with Crippen molar-refractivity contribution in [3.63, 3.8) is 0 Å². The highest BCUT2D eigenvalue weighted by Gasteiger charge is 2.28. The van der Waals surface area contributed by atoms with Gasteiger partial charge >= 0.3 is 6.03 Å². The number of nitrogens with one attached hydrogen (secondary N) is 1. The standard InChI is InChI=1S/C22H31N5O/c1-17(2)27-16-18(15-24-27)14-23-22(28)26-9-5-8-25(10-11-26)21-12-19-6-3-4-7-20(19)13-21/h3-4,6-7,15-17,21H,5,8-14H2,1-2H3,(H,23,28). The number of rotatable bonds is 4. The second-order valence-electron chi connectivity index (χ2n) is 8.29. The lowest BCUT2D eigenvalue weighted by Crippen LogP contribution is -2.43. The van der Waals surface area contributed by atoms with Crippen LogP contribution in [0.5, 0.6) is 0 Å². The molecule has 2 aromatic rings. The monoisotopic (exact) mass is 381 g/mol. The molecule has 1 aromatic carbocycles. The van der Waals surface area contributed by atoms with Gasteiger partial charge in [-0.2, -0.15) is 5.10 Å². The Hall–Kier alpha value is -2.34. The van der Waals surface area contributed by atoms with Crippen molar-refractivity contribution >= 4 is 6.03 Å². The normalized spacial score (nSPS) is 18.3. The summed E-state index contributed by atoms with van der Waals surface area (Å²) in [4.78, 5) is 17.2. The van der Waals surface area contributed by atoms with Crippen molar-refractivity contribution in [1.82, 2.24) is 24.9 Å². The van der Waals surface area contributed by atoms with Gasteiger partial charge in [0.1, 0.15) is 0 Å². The summed E-state index contributed by atoms with van der Waals surface area (Å²) < 4.78 is 1.92. The number of carbonyl (C=O) groups is 1. The highest BCUT2D eigenvalue weighted by atomic mass is 16.2. The Labute approximate surface area is 167 Å². The topological polar surface area (TPSA) is 53.4 Å². The van der Waals surface area contributed by atoms with Crippen molar-refractivity contribution in [2.45, 2.75) is 51.7 Å². The summed E-state index contributed by atoms with van der Waals surface area (Å²) in [6.07, 6.45) is 7.16. The predicted molar refractivity (Wildman–Crippen MR) is 110 cm³/mol. The number of fused-ring (bicyclic) bond motifs is 1. The molecular weight excluding hydrogens is 350 g/mol. The van der Waals surface area contributed by atoms with Gasteiger partial charge in [0.15, 0.2) is 0 Å².